The molecule has 0 fully saturated rings. The minimum absolute atomic E-state index is 0.378. The Hall–Kier alpha value is -0.870. The van der Waals surface area contributed by atoms with E-state index in [1.807, 2.05) is 0 Å². The first-order valence-corrected chi connectivity index (χ1v) is 4.52. The lowest BCUT2D eigenvalue weighted by Gasteiger charge is -2.10. The highest BCUT2D eigenvalue weighted by atomic mass is 32.2. The molecule has 1 rings (SSSR count). The van der Waals surface area contributed by atoms with Gasteiger partial charge in [-0.2, -0.15) is 0 Å². The van der Waals surface area contributed by atoms with Crippen LogP contribution in [-0.2, 0) is 10.0 Å². The Balaban J connectivity index is 3.41. The van der Waals surface area contributed by atoms with Gasteiger partial charge in [-0.15, -0.1) is 0 Å². The number of sulfonamides is 1. The Kier molecular flexibility index (Phi) is 1.05. The summed E-state index contributed by atoms with van der Waals surface area (Å²) in [6, 6.07) is 6.57. The summed E-state index contributed by atoms with van der Waals surface area (Å²) in [7, 11) is -4.61. The van der Waals surface area contributed by atoms with E-state index < -0.39 is 28.3 Å². The molecule has 66 valence electrons. The molecule has 0 aliphatic carbocycles. The van der Waals surface area contributed by atoms with E-state index in [0.29, 0.717) is 0 Å². The Morgan fingerprint density at radius 3 is 2.33 bits per heavy atom. The van der Waals surface area contributed by atoms with E-state index in [4.69, 9.17) is 8.22 Å². The molecule has 0 unspecified atom stereocenters. The van der Waals surface area contributed by atoms with Crippen LogP contribution < -0.4 is 0 Å². The molecule has 0 aliphatic rings. The lowest BCUT2D eigenvalue weighted by molar-refractivity contribution is 0.521. The summed E-state index contributed by atoms with van der Waals surface area (Å²) in [6.07, 6.45) is 0. The molecule has 0 spiro atoms. The van der Waals surface area contributed by atoms with Gasteiger partial charge in [0.2, 0.25) is 10.0 Å². The van der Waals surface area contributed by atoms with Gasteiger partial charge >= 0.3 is 0 Å². The van der Waals surface area contributed by atoms with Crippen molar-refractivity contribution in [2.24, 2.45) is 0 Å². The SMILES string of the molecule is [2H]C([2H])([2H])N(C([2H])([2H])[2H])S(=O)(=O)c1ccccc1. The van der Waals surface area contributed by atoms with Gasteiger partial charge in [-0.3, -0.25) is 0 Å². The summed E-state index contributed by atoms with van der Waals surface area (Å²) >= 11 is 0. The topological polar surface area (TPSA) is 37.4 Å². The summed E-state index contributed by atoms with van der Waals surface area (Å²) in [5, 5.41) is 0. The second kappa shape index (κ2) is 3.25. The highest BCUT2D eigenvalue weighted by molar-refractivity contribution is 7.89. The fourth-order valence-corrected chi connectivity index (χ4v) is 1.41. The van der Waals surface area contributed by atoms with Gasteiger partial charge < -0.3 is 0 Å². The Bertz CT molecular complexity index is 493. The minimum atomic E-state index is -4.61. The predicted molar refractivity (Wildman–Crippen MR) is 47.3 cm³/mol. The second-order valence-corrected chi connectivity index (χ2v) is 3.87. The Morgan fingerprint density at radius 2 is 1.83 bits per heavy atom. The van der Waals surface area contributed by atoms with Gasteiger partial charge in [-0.05, 0) is 12.1 Å². The molecule has 4 heteroatoms. The first-order valence-electron chi connectivity index (χ1n) is 6.08. The van der Waals surface area contributed by atoms with Gasteiger partial charge in [-0.1, -0.05) is 18.2 Å². The quantitative estimate of drug-likeness (QED) is 0.697. The van der Waals surface area contributed by atoms with Gasteiger partial charge in [-0.25, -0.2) is 12.7 Å². The third kappa shape index (κ3) is 1.65. The summed E-state index contributed by atoms with van der Waals surface area (Å²) in [4.78, 5) is -0.378. The Labute approximate surface area is 81.1 Å². The van der Waals surface area contributed by atoms with Crippen molar-refractivity contribution in [2.75, 3.05) is 14.0 Å². The molecule has 0 heterocycles. The predicted octanol–water partition coefficient (Wildman–Crippen LogP) is 0.937. The fourth-order valence-electron chi connectivity index (χ4n) is 0.698. The number of nitrogens with zero attached hydrogens (tertiary/aromatic N) is 1. The van der Waals surface area contributed by atoms with Crippen LogP contribution in [0.15, 0.2) is 35.2 Å². The lowest BCUT2D eigenvalue weighted by Crippen LogP contribution is -2.21. The summed E-state index contributed by atoms with van der Waals surface area (Å²) < 4.78 is 66.1. The molecule has 0 aliphatic heterocycles. The Morgan fingerprint density at radius 1 is 1.25 bits per heavy atom. The van der Waals surface area contributed by atoms with Crippen molar-refractivity contribution in [3.63, 3.8) is 0 Å². The number of benzene rings is 1. The second-order valence-electron chi connectivity index (χ2n) is 2.08. The minimum Gasteiger partial charge on any atom is -0.207 e. The average Bonchev–Trinajstić information content (AvgIpc) is 2.13. The monoisotopic (exact) mass is 191 g/mol. The van der Waals surface area contributed by atoms with E-state index in [9.17, 15) is 8.42 Å². The highest BCUT2D eigenvalue weighted by Gasteiger charge is 2.15. The van der Waals surface area contributed by atoms with E-state index >= 15 is 0 Å². The number of rotatable bonds is 2. The third-order valence-electron chi connectivity index (χ3n) is 1.28. The summed E-state index contributed by atoms with van der Waals surface area (Å²) in [5.41, 5.74) is 0. The number of hydrogen-bond acceptors (Lipinski definition) is 2. The van der Waals surface area contributed by atoms with Crippen LogP contribution >= 0.6 is 0 Å². The van der Waals surface area contributed by atoms with Crippen LogP contribution in [0.5, 0.6) is 0 Å². The van der Waals surface area contributed by atoms with Crippen molar-refractivity contribution in [3.05, 3.63) is 30.3 Å². The molecule has 0 radical (unpaired) electrons. The molecule has 0 amide bonds. The zero-order valence-corrected chi connectivity index (χ0v) is 6.88. The van der Waals surface area contributed by atoms with Crippen molar-refractivity contribution < 1.29 is 16.6 Å². The molecular weight excluding hydrogens is 174 g/mol. The first-order chi connectivity index (χ1) is 7.97. The van der Waals surface area contributed by atoms with Gasteiger partial charge in [0.15, 0.2) is 0 Å². The summed E-state index contributed by atoms with van der Waals surface area (Å²) in [6.45, 7) is -6.56. The van der Waals surface area contributed by atoms with Crippen LogP contribution in [-0.4, -0.2) is 26.7 Å². The molecule has 1 aromatic rings. The van der Waals surface area contributed by atoms with E-state index in [1.54, 1.807) is 0 Å². The fraction of sp³-hybridized carbons (Fsp3) is 0.250. The van der Waals surface area contributed by atoms with Crippen molar-refractivity contribution in [2.45, 2.75) is 4.90 Å². The van der Waals surface area contributed by atoms with Gasteiger partial charge in [0, 0.05) is 22.2 Å². The maximum Gasteiger partial charge on any atom is 0.242 e. The van der Waals surface area contributed by atoms with E-state index in [-0.39, 0.29) is 4.90 Å². The molecule has 0 N–H and O–H groups in total. The smallest absolute Gasteiger partial charge is 0.207 e. The molecule has 0 saturated heterocycles. The molecule has 0 atom stereocenters. The molecule has 12 heavy (non-hydrogen) atoms. The van der Waals surface area contributed by atoms with Crippen LogP contribution in [0, 0.1) is 0 Å². The van der Waals surface area contributed by atoms with Gasteiger partial charge in [0.1, 0.15) is 0 Å². The standard InChI is InChI=1S/C8H11NO2S/c1-9(2)12(10,11)8-6-4-3-5-7-8/h3-7H,1-2H3/i1D3,2D3. The molecule has 0 aromatic heterocycles. The van der Waals surface area contributed by atoms with Crippen LogP contribution in [0.3, 0.4) is 0 Å². The van der Waals surface area contributed by atoms with Crippen molar-refractivity contribution in [3.8, 4) is 0 Å². The zero-order chi connectivity index (χ0) is 14.2. The van der Waals surface area contributed by atoms with E-state index in [0.717, 1.165) is 12.1 Å². The highest BCUT2D eigenvalue weighted by Crippen LogP contribution is 2.10. The van der Waals surface area contributed by atoms with E-state index in [2.05, 4.69) is 0 Å². The average molecular weight is 191 g/mol. The van der Waals surface area contributed by atoms with Crippen molar-refractivity contribution in [1.29, 1.82) is 0 Å². The first kappa shape index (κ1) is 3.89. The summed E-state index contributed by atoms with van der Waals surface area (Å²) in [5.74, 6) is 0. The maximum absolute atomic E-state index is 12.0. The van der Waals surface area contributed by atoms with Gasteiger partial charge in [0.05, 0.1) is 4.90 Å². The molecule has 1 aromatic carbocycles. The van der Waals surface area contributed by atoms with Crippen LogP contribution in [0.1, 0.15) is 8.22 Å². The van der Waals surface area contributed by atoms with Crippen LogP contribution in [0.2, 0.25) is 0 Å². The van der Waals surface area contributed by atoms with Crippen molar-refractivity contribution in [1.82, 2.24) is 4.31 Å². The third-order valence-corrected chi connectivity index (χ3v) is 2.63. The van der Waals surface area contributed by atoms with Crippen LogP contribution in [0.4, 0.5) is 0 Å². The lowest BCUT2D eigenvalue weighted by atomic mass is 10.4. The van der Waals surface area contributed by atoms with E-state index in [1.165, 1.54) is 18.2 Å². The van der Waals surface area contributed by atoms with Crippen molar-refractivity contribution >= 4 is 10.0 Å². The van der Waals surface area contributed by atoms with Gasteiger partial charge in [0.25, 0.3) is 0 Å². The molecular formula is C8H11NO2S. The molecule has 0 bridgehead atoms. The normalized spacial score (nSPS) is 21.4. The van der Waals surface area contributed by atoms with Crippen LogP contribution in [0.25, 0.3) is 0 Å². The largest absolute Gasteiger partial charge is 0.242 e. The molecule has 3 nitrogen and oxygen atoms in total. The number of hydrogen-bond donors (Lipinski definition) is 0. The molecule has 0 saturated carbocycles. The zero-order valence-electron chi connectivity index (χ0n) is 12.1. The maximum atomic E-state index is 12.0.